The molecule has 0 saturated heterocycles. The maximum absolute atomic E-state index is 10.5. The molecule has 1 N–H and O–H groups in total. The number of azo groups is 1. The number of nitro groups is 1. The molecule has 0 amide bonds. The highest BCUT2D eigenvalue weighted by atomic mass is 79.9. The molecule has 0 aliphatic heterocycles. The number of nitrogens with zero attached hydrogens (tertiary/aromatic N) is 3. The lowest BCUT2D eigenvalue weighted by molar-refractivity contribution is -0.384. The van der Waals surface area contributed by atoms with E-state index < -0.39 is 4.92 Å². The summed E-state index contributed by atoms with van der Waals surface area (Å²) in [5, 5.41) is 28.0. The van der Waals surface area contributed by atoms with Gasteiger partial charge in [0.1, 0.15) is 11.4 Å². The van der Waals surface area contributed by atoms with Gasteiger partial charge in [-0.2, -0.15) is 5.11 Å². The van der Waals surface area contributed by atoms with Gasteiger partial charge in [0, 0.05) is 18.2 Å². The molecule has 2 aromatic carbocycles. The number of phenolic OH excluding ortho intramolecular Hbond substituents is 1. The fourth-order valence-corrected chi connectivity index (χ4v) is 2.29. The van der Waals surface area contributed by atoms with Crippen LogP contribution in [0.1, 0.15) is 0 Å². The fraction of sp³-hybridized carbons (Fsp3) is 0. The van der Waals surface area contributed by atoms with Crippen LogP contribution in [0.2, 0.25) is 5.02 Å². The molecule has 2 rings (SSSR count). The van der Waals surface area contributed by atoms with Crippen LogP contribution >= 0.6 is 27.5 Å². The molecular weight excluding hydrogens is 350 g/mol. The van der Waals surface area contributed by atoms with Crippen LogP contribution in [0.5, 0.6) is 5.75 Å². The van der Waals surface area contributed by atoms with E-state index in [9.17, 15) is 15.2 Å². The summed E-state index contributed by atoms with van der Waals surface area (Å²) in [6.45, 7) is 0. The maximum atomic E-state index is 10.5. The van der Waals surface area contributed by atoms with Crippen LogP contribution in [0.3, 0.4) is 0 Å². The predicted molar refractivity (Wildman–Crippen MR) is 78.1 cm³/mol. The Morgan fingerprint density at radius 1 is 1.20 bits per heavy atom. The van der Waals surface area contributed by atoms with E-state index in [0.717, 1.165) is 0 Å². The summed E-state index contributed by atoms with van der Waals surface area (Å²) in [5.74, 6) is 0.0103. The molecule has 102 valence electrons. The Kier molecular flexibility index (Phi) is 4.31. The molecule has 0 unspecified atom stereocenters. The molecule has 0 bridgehead atoms. The largest absolute Gasteiger partial charge is 0.508 e. The van der Waals surface area contributed by atoms with E-state index in [-0.39, 0.29) is 16.5 Å². The fourth-order valence-electron chi connectivity index (χ4n) is 1.40. The van der Waals surface area contributed by atoms with E-state index in [2.05, 4.69) is 26.2 Å². The van der Waals surface area contributed by atoms with Gasteiger partial charge in [-0.1, -0.05) is 11.6 Å². The second-order valence-electron chi connectivity index (χ2n) is 3.73. The SMILES string of the molecule is O=[N+]([O-])c1ccc(N=Nc2c(Cl)cc(O)cc2Br)cc1. The van der Waals surface area contributed by atoms with Gasteiger partial charge in [0.05, 0.1) is 20.1 Å². The van der Waals surface area contributed by atoms with Crippen molar-refractivity contribution in [1.29, 1.82) is 0 Å². The number of non-ortho nitro benzene ring substituents is 1. The highest BCUT2D eigenvalue weighted by Gasteiger charge is 2.07. The number of aromatic hydroxyl groups is 1. The van der Waals surface area contributed by atoms with Gasteiger partial charge in [-0.25, -0.2) is 0 Å². The van der Waals surface area contributed by atoms with Crippen LogP contribution in [0, 0.1) is 10.1 Å². The Hall–Kier alpha value is -1.99. The summed E-state index contributed by atoms with van der Waals surface area (Å²) in [6, 6.07) is 8.41. The Morgan fingerprint density at radius 3 is 2.40 bits per heavy atom. The van der Waals surface area contributed by atoms with E-state index in [0.29, 0.717) is 15.8 Å². The van der Waals surface area contributed by atoms with Crippen molar-refractivity contribution in [3.8, 4) is 5.75 Å². The molecule has 8 heteroatoms. The first-order valence-electron chi connectivity index (χ1n) is 5.31. The minimum Gasteiger partial charge on any atom is -0.508 e. The zero-order chi connectivity index (χ0) is 14.7. The normalized spacial score (nSPS) is 10.9. The first-order valence-corrected chi connectivity index (χ1v) is 6.48. The molecule has 6 nitrogen and oxygen atoms in total. The number of nitro benzene ring substituents is 1. The number of hydrogen-bond acceptors (Lipinski definition) is 5. The van der Waals surface area contributed by atoms with E-state index in [4.69, 9.17) is 11.6 Å². The third kappa shape index (κ3) is 3.31. The topological polar surface area (TPSA) is 88.1 Å². The van der Waals surface area contributed by atoms with Gasteiger partial charge in [-0.3, -0.25) is 10.1 Å². The van der Waals surface area contributed by atoms with E-state index in [1.165, 1.54) is 36.4 Å². The van der Waals surface area contributed by atoms with Crippen molar-refractivity contribution in [1.82, 2.24) is 0 Å². The summed E-state index contributed by atoms with van der Waals surface area (Å²) in [5.41, 5.74) is 0.794. The molecule has 0 aliphatic carbocycles. The van der Waals surface area contributed by atoms with Gasteiger partial charge in [0.25, 0.3) is 5.69 Å². The average Bonchev–Trinajstić information content (AvgIpc) is 2.38. The van der Waals surface area contributed by atoms with Crippen molar-refractivity contribution in [2.24, 2.45) is 10.2 Å². The minimum absolute atomic E-state index is 0.0103. The van der Waals surface area contributed by atoms with Gasteiger partial charge in [-0.05, 0) is 34.1 Å². The van der Waals surface area contributed by atoms with Crippen LogP contribution < -0.4 is 0 Å². The molecule has 2 aromatic rings. The second-order valence-corrected chi connectivity index (χ2v) is 4.99. The molecule has 0 spiro atoms. The number of halogens is 2. The lowest BCUT2D eigenvalue weighted by atomic mass is 10.3. The third-order valence-electron chi connectivity index (χ3n) is 2.33. The minimum atomic E-state index is -0.492. The van der Waals surface area contributed by atoms with Crippen LogP contribution in [-0.2, 0) is 0 Å². The van der Waals surface area contributed by atoms with Gasteiger partial charge in [0.15, 0.2) is 0 Å². The van der Waals surface area contributed by atoms with E-state index in [1.54, 1.807) is 0 Å². The molecule has 0 radical (unpaired) electrons. The zero-order valence-corrected chi connectivity index (χ0v) is 12.2. The Bertz CT molecular complexity index is 666. The molecule has 0 aromatic heterocycles. The molecule has 20 heavy (non-hydrogen) atoms. The third-order valence-corrected chi connectivity index (χ3v) is 3.22. The first kappa shape index (κ1) is 14.4. The number of hydrogen-bond donors (Lipinski definition) is 1. The predicted octanol–water partition coefficient (Wildman–Crippen LogP) is 5.13. The Labute approximate surface area is 127 Å². The molecule has 0 heterocycles. The van der Waals surface area contributed by atoms with Crippen molar-refractivity contribution in [2.75, 3.05) is 0 Å². The monoisotopic (exact) mass is 355 g/mol. The van der Waals surface area contributed by atoms with Gasteiger partial charge in [0.2, 0.25) is 0 Å². The van der Waals surface area contributed by atoms with Crippen LogP contribution in [0.4, 0.5) is 17.1 Å². The summed E-state index contributed by atoms with van der Waals surface area (Å²) in [4.78, 5) is 10.0. The Balaban J connectivity index is 2.27. The second kappa shape index (κ2) is 5.98. The van der Waals surface area contributed by atoms with E-state index >= 15 is 0 Å². The molecule has 0 saturated carbocycles. The van der Waals surface area contributed by atoms with Gasteiger partial charge in [-0.15, -0.1) is 5.11 Å². The lowest BCUT2D eigenvalue weighted by Gasteiger charge is -2.01. The highest BCUT2D eigenvalue weighted by Crippen LogP contribution is 2.37. The van der Waals surface area contributed by atoms with Crippen LogP contribution in [0.25, 0.3) is 0 Å². The molecular formula is C12H7BrClN3O3. The first-order chi connectivity index (χ1) is 9.47. The lowest BCUT2D eigenvalue weighted by Crippen LogP contribution is -1.85. The molecule has 0 fully saturated rings. The number of rotatable bonds is 3. The summed E-state index contributed by atoms with van der Waals surface area (Å²) >= 11 is 9.15. The van der Waals surface area contributed by atoms with E-state index in [1.807, 2.05) is 0 Å². The van der Waals surface area contributed by atoms with Crippen molar-refractivity contribution >= 4 is 44.6 Å². The quantitative estimate of drug-likeness (QED) is 0.469. The van der Waals surface area contributed by atoms with Crippen LogP contribution in [0.15, 0.2) is 51.1 Å². The summed E-state index contributed by atoms with van der Waals surface area (Å²) in [7, 11) is 0. The maximum Gasteiger partial charge on any atom is 0.269 e. The average molecular weight is 357 g/mol. The van der Waals surface area contributed by atoms with Crippen molar-refractivity contribution in [2.45, 2.75) is 0 Å². The highest BCUT2D eigenvalue weighted by molar-refractivity contribution is 9.10. The number of benzene rings is 2. The Morgan fingerprint density at radius 2 is 1.85 bits per heavy atom. The smallest absolute Gasteiger partial charge is 0.269 e. The summed E-state index contributed by atoms with van der Waals surface area (Å²) in [6.07, 6.45) is 0. The van der Waals surface area contributed by atoms with Crippen molar-refractivity contribution < 1.29 is 10.0 Å². The summed E-state index contributed by atoms with van der Waals surface area (Å²) < 4.78 is 0.494. The van der Waals surface area contributed by atoms with Gasteiger partial charge < -0.3 is 5.11 Å². The zero-order valence-electron chi connectivity index (χ0n) is 9.83. The van der Waals surface area contributed by atoms with Crippen molar-refractivity contribution in [3.05, 3.63) is 56.0 Å². The molecule has 0 atom stereocenters. The standard InChI is InChI=1S/C12H7BrClN3O3/c13-10-5-9(18)6-11(14)12(10)16-15-7-1-3-8(4-2-7)17(19)20/h1-6,18H. The van der Waals surface area contributed by atoms with Crippen molar-refractivity contribution in [3.63, 3.8) is 0 Å². The molecule has 0 aliphatic rings. The number of phenols is 1. The van der Waals surface area contributed by atoms with Gasteiger partial charge >= 0.3 is 0 Å². The van der Waals surface area contributed by atoms with Crippen LogP contribution in [-0.4, -0.2) is 10.0 Å².